The van der Waals surface area contributed by atoms with E-state index in [1.165, 1.54) is 5.56 Å². The van der Waals surface area contributed by atoms with E-state index in [-0.39, 0.29) is 5.75 Å². The SMILES string of the molecule is O=S(=O)(CCCN1CCCC1c1ccc2c(c1)OCCO2)c1ccccc1. The fourth-order valence-electron chi connectivity index (χ4n) is 3.94. The molecule has 2 aliphatic rings. The summed E-state index contributed by atoms with van der Waals surface area (Å²) in [5, 5.41) is 0. The molecule has 0 amide bonds. The molecule has 5 nitrogen and oxygen atoms in total. The van der Waals surface area contributed by atoms with Crippen molar-refractivity contribution in [2.24, 2.45) is 0 Å². The number of nitrogens with zero attached hydrogens (tertiary/aromatic N) is 1. The largest absolute Gasteiger partial charge is 0.486 e. The Morgan fingerprint density at radius 3 is 2.59 bits per heavy atom. The van der Waals surface area contributed by atoms with Crippen LogP contribution in [-0.4, -0.2) is 45.4 Å². The summed E-state index contributed by atoms with van der Waals surface area (Å²) in [6, 6.07) is 15.2. The van der Waals surface area contributed by atoms with Gasteiger partial charge in [0.2, 0.25) is 0 Å². The van der Waals surface area contributed by atoms with E-state index in [1.807, 2.05) is 12.1 Å². The van der Waals surface area contributed by atoms with Crippen molar-refractivity contribution in [2.75, 3.05) is 32.1 Å². The summed E-state index contributed by atoms with van der Waals surface area (Å²) in [7, 11) is -3.21. The van der Waals surface area contributed by atoms with Gasteiger partial charge in [-0.15, -0.1) is 0 Å². The summed E-state index contributed by atoms with van der Waals surface area (Å²) < 4.78 is 36.3. The third kappa shape index (κ3) is 4.12. The van der Waals surface area contributed by atoms with E-state index in [9.17, 15) is 8.42 Å². The van der Waals surface area contributed by atoms with Crippen molar-refractivity contribution in [3.63, 3.8) is 0 Å². The molecule has 1 fully saturated rings. The van der Waals surface area contributed by atoms with Crippen molar-refractivity contribution < 1.29 is 17.9 Å². The molecule has 144 valence electrons. The summed E-state index contributed by atoms with van der Waals surface area (Å²) in [5.41, 5.74) is 1.22. The monoisotopic (exact) mass is 387 g/mol. The lowest BCUT2D eigenvalue weighted by Crippen LogP contribution is -2.26. The molecular formula is C21H25NO4S. The second-order valence-corrected chi connectivity index (χ2v) is 9.19. The molecule has 4 rings (SSSR count). The Morgan fingerprint density at radius 2 is 1.78 bits per heavy atom. The maximum absolute atomic E-state index is 12.5. The normalized spacial score (nSPS) is 19.9. The second kappa shape index (κ2) is 7.90. The van der Waals surface area contributed by atoms with E-state index in [0.29, 0.717) is 30.6 Å². The van der Waals surface area contributed by atoms with Gasteiger partial charge in [-0.1, -0.05) is 24.3 Å². The van der Waals surface area contributed by atoms with Crippen LogP contribution in [0.15, 0.2) is 53.4 Å². The van der Waals surface area contributed by atoms with Crippen LogP contribution in [-0.2, 0) is 9.84 Å². The molecule has 0 aromatic heterocycles. The van der Waals surface area contributed by atoms with E-state index < -0.39 is 9.84 Å². The maximum atomic E-state index is 12.5. The summed E-state index contributed by atoms with van der Waals surface area (Å²) >= 11 is 0. The van der Waals surface area contributed by atoms with Gasteiger partial charge in [0.05, 0.1) is 10.6 Å². The maximum Gasteiger partial charge on any atom is 0.178 e. The Kier molecular flexibility index (Phi) is 5.36. The molecule has 27 heavy (non-hydrogen) atoms. The number of fused-ring (bicyclic) bond motifs is 1. The molecule has 2 aromatic rings. The van der Waals surface area contributed by atoms with Crippen LogP contribution >= 0.6 is 0 Å². The van der Waals surface area contributed by atoms with Gasteiger partial charge in [0.1, 0.15) is 13.2 Å². The van der Waals surface area contributed by atoms with Crippen LogP contribution in [0.25, 0.3) is 0 Å². The first-order valence-corrected chi connectivity index (χ1v) is 11.2. The van der Waals surface area contributed by atoms with Crippen molar-refractivity contribution >= 4 is 9.84 Å². The average Bonchev–Trinajstić information content (AvgIpc) is 3.17. The number of hydrogen-bond donors (Lipinski definition) is 0. The molecule has 0 bridgehead atoms. The highest BCUT2D eigenvalue weighted by Gasteiger charge is 2.27. The van der Waals surface area contributed by atoms with Crippen LogP contribution in [0.3, 0.4) is 0 Å². The summed E-state index contributed by atoms with van der Waals surface area (Å²) in [6.45, 7) is 2.97. The minimum atomic E-state index is -3.21. The Morgan fingerprint density at radius 1 is 1.00 bits per heavy atom. The van der Waals surface area contributed by atoms with Gasteiger partial charge in [-0.2, -0.15) is 0 Å². The Hall–Kier alpha value is -2.05. The molecule has 6 heteroatoms. The van der Waals surface area contributed by atoms with E-state index in [0.717, 1.165) is 37.4 Å². The minimum absolute atomic E-state index is 0.182. The van der Waals surface area contributed by atoms with Crippen molar-refractivity contribution in [1.82, 2.24) is 4.90 Å². The number of rotatable bonds is 6. The van der Waals surface area contributed by atoms with Crippen LogP contribution in [0, 0.1) is 0 Å². The fourth-order valence-corrected chi connectivity index (χ4v) is 5.26. The smallest absolute Gasteiger partial charge is 0.178 e. The predicted molar refractivity (Wildman–Crippen MR) is 104 cm³/mol. The fraction of sp³-hybridized carbons (Fsp3) is 0.429. The first kappa shape index (κ1) is 18.3. The molecule has 1 saturated heterocycles. The lowest BCUT2D eigenvalue weighted by molar-refractivity contribution is 0.170. The summed E-state index contributed by atoms with van der Waals surface area (Å²) in [5.74, 6) is 1.81. The Labute approximate surface area is 160 Å². The minimum Gasteiger partial charge on any atom is -0.486 e. The number of sulfone groups is 1. The number of hydrogen-bond acceptors (Lipinski definition) is 5. The molecule has 2 heterocycles. The molecule has 1 atom stereocenters. The summed E-state index contributed by atoms with van der Waals surface area (Å²) in [4.78, 5) is 2.81. The Balaban J connectivity index is 1.39. The van der Waals surface area contributed by atoms with Gasteiger partial charge in [0.25, 0.3) is 0 Å². The highest BCUT2D eigenvalue weighted by Crippen LogP contribution is 2.38. The zero-order chi connectivity index (χ0) is 18.7. The molecule has 2 aromatic carbocycles. The van der Waals surface area contributed by atoms with E-state index >= 15 is 0 Å². The highest BCUT2D eigenvalue weighted by molar-refractivity contribution is 7.91. The summed E-state index contributed by atoms with van der Waals surface area (Å²) in [6.07, 6.45) is 2.86. The van der Waals surface area contributed by atoms with Gasteiger partial charge in [0.15, 0.2) is 21.3 Å². The van der Waals surface area contributed by atoms with E-state index in [4.69, 9.17) is 9.47 Å². The van der Waals surface area contributed by atoms with Gasteiger partial charge in [-0.05, 0) is 62.2 Å². The zero-order valence-corrected chi connectivity index (χ0v) is 16.2. The third-order valence-corrected chi connectivity index (χ3v) is 7.09. The predicted octanol–water partition coefficient (Wildman–Crippen LogP) is 3.46. The van der Waals surface area contributed by atoms with Crippen molar-refractivity contribution in [3.8, 4) is 11.5 Å². The van der Waals surface area contributed by atoms with Crippen LogP contribution in [0.2, 0.25) is 0 Å². The van der Waals surface area contributed by atoms with Gasteiger partial charge >= 0.3 is 0 Å². The first-order valence-electron chi connectivity index (χ1n) is 9.55. The van der Waals surface area contributed by atoms with Crippen LogP contribution < -0.4 is 9.47 Å². The molecule has 0 saturated carbocycles. The van der Waals surface area contributed by atoms with Crippen LogP contribution in [0.4, 0.5) is 0 Å². The Bertz CT molecular complexity index is 882. The first-order chi connectivity index (χ1) is 13.1. The molecule has 0 aliphatic carbocycles. The molecule has 1 unspecified atom stereocenters. The van der Waals surface area contributed by atoms with Crippen molar-refractivity contribution in [2.45, 2.75) is 30.2 Å². The van der Waals surface area contributed by atoms with Gasteiger partial charge in [-0.25, -0.2) is 8.42 Å². The van der Waals surface area contributed by atoms with Gasteiger partial charge in [-0.3, -0.25) is 4.90 Å². The molecule has 0 N–H and O–H groups in total. The van der Waals surface area contributed by atoms with Crippen molar-refractivity contribution in [1.29, 1.82) is 0 Å². The lowest BCUT2D eigenvalue weighted by atomic mass is 10.0. The van der Waals surface area contributed by atoms with Gasteiger partial charge < -0.3 is 9.47 Å². The highest BCUT2D eigenvalue weighted by atomic mass is 32.2. The van der Waals surface area contributed by atoms with Crippen LogP contribution in [0.1, 0.15) is 30.9 Å². The lowest BCUT2D eigenvalue weighted by Gasteiger charge is -2.26. The standard InChI is InChI=1S/C21H25NO4S/c23-27(24,18-6-2-1-3-7-18)15-5-12-22-11-4-8-19(22)17-9-10-20-21(16-17)26-14-13-25-20/h1-3,6-7,9-10,16,19H,4-5,8,11-15H2. The van der Waals surface area contributed by atoms with Gasteiger partial charge in [0, 0.05) is 6.04 Å². The molecule has 0 radical (unpaired) electrons. The number of ether oxygens (including phenoxy) is 2. The molecule has 2 aliphatic heterocycles. The topological polar surface area (TPSA) is 55.8 Å². The second-order valence-electron chi connectivity index (χ2n) is 7.08. The molecular weight excluding hydrogens is 362 g/mol. The number of benzene rings is 2. The quantitative estimate of drug-likeness (QED) is 0.760. The third-order valence-electron chi connectivity index (χ3n) is 5.28. The average molecular weight is 388 g/mol. The van der Waals surface area contributed by atoms with E-state index in [1.54, 1.807) is 24.3 Å². The van der Waals surface area contributed by atoms with Crippen LogP contribution in [0.5, 0.6) is 11.5 Å². The van der Waals surface area contributed by atoms with E-state index in [2.05, 4.69) is 17.0 Å². The van der Waals surface area contributed by atoms with Crippen molar-refractivity contribution in [3.05, 3.63) is 54.1 Å². The number of likely N-dealkylation sites (tertiary alicyclic amines) is 1. The molecule has 0 spiro atoms. The zero-order valence-electron chi connectivity index (χ0n) is 15.3.